The highest BCUT2D eigenvalue weighted by atomic mass is 16.5. The molecule has 0 aliphatic carbocycles. The predicted octanol–water partition coefficient (Wildman–Crippen LogP) is 0.889. The van der Waals surface area contributed by atoms with Crippen molar-refractivity contribution in [1.29, 1.82) is 0 Å². The molecule has 0 aromatic heterocycles. The molecule has 0 saturated carbocycles. The van der Waals surface area contributed by atoms with Gasteiger partial charge in [0.05, 0.1) is 20.6 Å². The van der Waals surface area contributed by atoms with Crippen molar-refractivity contribution in [2.24, 2.45) is 11.8 Å². The van der Waals surface area contributed by atoms with Crippen LogP contribution in [0.2, 0.25) is 0 Å². The van der Waals surface area contributed by atoms with E-state index in [4.69, 9.17) is 0 Å². The Morgan fingerprint density at radius 2 is 1.58 bits per heavy atom. The molecular formula is C13H23NO5. The van der Waals surface area contributed by atoms with Crippen molar-refractivity contribution >= 4 is 17.8 Å². The number of methoxy groups -OCH3 is 2. The van der Waals surface area contributed by atoms with E-state index in [1.807, 2.05) is 13.8 Å². The molecule has 110 valence electrons. The van der Waals surface area contributed by atoms with Crippen LogP contribution in [0.5, 0.6) is 0 Å². The number of carbonyl (C=O) groups is 3. The summed E-state index contributed by atoms with van der Waals surface area (Å²) in [6.07, 6.45) is 0.358. The topological polar surface area (TPSA) is 81.7 Å². The van der Waals surface area contributed by atoms with Crippen molar-refractivity contribution < 1.29 is 23.9 Å². The van der Waals surface area contributed by atoms with Gasteiger partial charge >= 0.3 is 11.9 Å². The zero-order valence-corrected chi connectivity index (χ0v) is 12.2. The third-order valence-corrected chi connectivity index (χ3v) is 2.65. The lowest BCUT2D eigenvalue weighted by Gasteiger charge is -2.22. The van der Waals surface area contributed by atoms with E-state index in [2.05, 4.69) is 14.8 Å². The van der Waals surface area contributed by atoms with Crippen molar-refractivity contribution in [3.63, 3.8) is 0 Å². The van der Waals surface area contributed by atoms with Crippen LogP contribution in [-0.2, 0) is 23.9 Å². The minimum absolute atomic E-state index is 0.0399. The van der Waals surface area contributed by atoms with Crippen LogP contribution >= 0.6 is 0 Å². The number of rotatable bonds is 7. The normalized spacial score (nSPS) is 13.6. The van der Waals surface area contributed by atoms with Gasteiger partial charge in [-0.25, -0.2) is 4.79 Å². The van der Waals surface area contributed by atoms with Gasteiger partial charge in [-0.2, -0.15) is 0 Å². The highest BCUT2D eigenvalue weighted by Crippen LogP contribution is 2.12. The molecule has 0 bridgehead atoms. The van der Waals surface area contributed by atoms with Crippen molar-refractivity contribution in [2.45, 2.75) is 39.7 Å². The fraction of sp³-hybridized carbons (Fsp3) is 0.769. The fourth-order valence-corrected chi connectivity index (χ4v) is 1.63. The van der Waals surface area contributed by atoms with Gasteiger partial charge in [0, 0.05) is 6.42 Å². The van der Waals surface area contributed by atoms with E-state index in [1.54, 1.807) is 6.92 Å². The van der Waals surface area contributed by atoms with Crippen molar-refractivity contribution in [1.82, 2.24) is 5.32 Å². The summed E-state index contributed by atoms with van der Waals surface area (Å²) >= 11 is 0. The van der Waals surface area contributed by atoms with E-state index in [-0.39, 0.29) is 18.2 Å². The molecule has 0 radical (unpaired) electrons. The first kappa shape index (κ1) is 17.4. The summed E-state index contributed by atoms with van der Waals surface area (Å²) in [6, 6.07) is -0.838. The molecular weight excluding hydrogens is 250 g/mol. The molecule has 6 heteroatoms. The average Bonchev–Trinajstić information content (AvgIpc) is 2.33. The molecule has 0 spiro atoms. The predicted molar refractivity (Wildman–Crippen MR) is 69.2 cm³/mol. The summed E-state index contributed by atoms with van der Waals surface area (Å²) in [4.78, 5) is 34.6. The third-order valence-electron chi connectivity index (χ3n) is 2.65. The molecule has 0 aromatic rings. The molecule has 6 nitrogen and oxygen atoms in total. The first-order chi connectivity index (χ1) is 8.81. The van der Waals surface area contributed by atoms with Gasteiger partial charge in [-0.3, -0.25) is 9.59 Å². The van der Waals surface area contributed by atoms with Crippen molar-refractivity contribution in [3.05, 3.63) is 0 Å². The molecule has 1 N–H and O–H groups in total. The summed E-state index contributed by atoms with van der Waals surface area (Å²) in [5, 5.41) is 2.61. The van der Waals surface area contributed by atoms with Crippen LogP contribution < -0.4 is 5.32 Å². The number of ether oxygens (including phenoxy) is 2. The van der Waals surface area contributed by atoms with Gasteiger partial charge in [-0.15, -0.1) is 0 Å². The average molecular weight is 273 g/mol. The molecule has 0 unspecified atom stereocenters. The zero-order chi connectivity index (χ0) is 15.0. The lowest BCUT2D eigenvalue weighted by atomic mass is 9.97. The smallest absolute Gasteiger partial charge is 0.328 e. The molecule has 0 aliphatic heterocycles. The fourth-order valence-electron chi connectivity index (χ4n) is 1.63. The third kappa shape index (κ3) is 6.79. The number of amides is 1. The van der Waals surface area contributed by atoms with E-state index >= 15 is 0 Å². The Balaban J connectivity index is 4.67. The van der Waals surface area contributed by atoms with Crippen LogP contribution in [0.3, 0.4) is 0 Å². The van der Waals surface area contributed by atoms with Gasteiger partial charge in [-0.05, 0) is 11.8 Å². The summed E-state index contributed by atoms with van der Waals surface area (Å²) in [7, 11) is 2.52. The second-order valence-corrected chi connectivity index (χ2v) is 4.92. The molecule has 2 atom stereocenters. The molecule has 0 heterocycles. The Labute approximate surface area is 113 Å². The monoisotopic (exact) mass is 273 g/mol. The lowest BCUT2D eigenvalue weighted by Crippen LogP contribution is -2.46. The SMILES string of the molecule is COC(=O)C[C@@H](C)[C@@H](NC(=O)CC(C)C)C(=O)OC. The Bertz CT molecular complexity index is 327. The zero-order valence-electron chi connectivity index (χ0n) is 12.2. The summed E-state index contributed by atoms with van der Waals surface area (Å²) in [5.74, 6) is -1.43. The molecule has 0 rings (SSSR count). The van der Waals surface area contributed by atoms with Crippen LogP contribution in [-0.4, -0.2) is 38.1 Å². The van der Waals surface area contributed by atoms with Gasteiger partial charge in [0.2, 0.25) is 5.91 Å². The molecule has 1 amide bonds. The molecule has 0 aliphatic rings. The Kier molecular flexibility index (Phi) is 7.79. The quantitative estimate of drug-likeness (QED) is 0.697. The number of carbonyl (C=O) groups excluding carboxylic acids is 3. The van der Waals surface area contributed by atoms with Crippen molar-refractivity contribution in [2.75, 3.05) is 14.2 Å². The van der Waals surface area contributed by atoms with Crippen LogP contribution in [0.4, 0.5) is 0 Å². The summed E-state index contributed by atoms with van der Waals surface area (Å²) < 4.78 is 9.20. The Hall–Kier alpha value is -1.59. The van der Waals surface area contributed by atoms with Crippen LogP contribution in [0.25, 0.3) is 0 Å². The number of hydrogen-bond acceptors (Lipinski definition) is 5. The van der Waals surface area contributed by atoms with Crippen molar-refractivity contribution in [3.8, 4) is 0 Å². The second-order valence-electron chi connectivity index (χ2n) is 4.92. The molecule has 0 saturated heterocycles. The van der Waals surface area contributed by atoms with E-state index in [9.17, 15) is 14.4 Å². The van der Waals surface area contributed by atoms with E-state index in [0.29, 0.717) is 6.42 Å². The minimum atomic E-state index is -0.838. The van der Waals surface area contributed by atoms with Gasteiger partial charge in [0.25, 0.3) is 0 Å². The highest BCUT2D eigenvalue weighted by Gasteiger charge is 2.29. The van der Waals surface area contributed by atoms with Crippen LogP contribution in [0.1, 0.15) is 33.6 Å². The van der Waals surface area contributed by atoms with E-state index < -0.39 is 23.9 Å². The van der Waals surface area contributed by atoms with Gasteiger partial charge in [-0.1, -0.05) is 20.8 Å². The Morgan fingerprint density at radius 3 is 2.00 bits per heavy atom. The van der Waals surface area contributed by atoms with Crippen LogP contribution in [0, 0.1) is 11.8 Å². The van der Waals surface area contributed by atoms with E-state index in [1.165, 1.54) is 14.2 Å². The number of nitrogens with one attached hydrogen (secondary N) is 1. The Morgan fingerprint density at radius 1 is 1.00 bits per heavy atom. The first-order valence-corrected chi connectivity index (χ1v) is 6.25. The minimum Gasteiger partial charge on any atom is -0.469 e. The van der Waals surface area contributed by atoms with Crippen LogP contribution in [0.15, 0.2) is 0 Å². The standard InChI is InChI=1S/C13H23NO5/c1-8(2)6-10(15)14-12(13(17)19-5)9(3)7-11(16)18-4/h8-9,12H,6-7H2,1-5H3,(H,14,15)/t9-,12-/m1/s1. The first-order valence-electron chi connectivity index (χ1n) is 6.25. The van der Waals surface area contributed by atoms with Gasteiger partial charge in [0.1, 0.15) is 6.04 Å². The highest BCUT2D eigenvalue weighted by molar-refractivity contribution is 5.85. The molecule has 0 fully saturated rings. The maximum absolute atomic E-state index is 11.7. The summed E-state index contributed by atoms with van der Waals surface area (Å²) in [6.45, 7) is 5.50. The summed E-state index contributed by atoms with van der Waals surface area (Å²) in [5.41, 5.74) is 0. The maximum Gasteiger partial charge on any atom is 0.328 e. The maximum atomic E-state index is 11.7. The van der Waals surface area contributed by atoms with E-state index in [0.717, 1.165) is 0 Å². The second kappa shape index (κ2) is 8.50. The molecule has 19 heavy (non-hydrogen) atoms. The van der Waals surface area contributed by atoms with Gasteiger partial charge < -0.3 is 14.8 Å². The van der Waals surface area contributed by atoms with Gasteiger partial charge in [0.15, 0.2) is 0 Å². The number of esters is 2. The number of hydrogen-bond donors (Lipinski definition) is 1. The molecule has 0 aromatic carbocycles. The lowest BCUT2D eigenvalue weighted by molar-refractivity contribution is -0.148. The largest absolute Gasteiger partial charge is 0.469 e.